The lowest BCUT2D eigenvalue weighted by molar-refractivity contribution is 0.0734. The molecule has 0 unspecified atom stereocenters. The maximum absolute atomic E-state index is 12.5. The molecule has 0 fully saturated rings. The quantitative estimate of drug-likeness (QED) is 0.279. The van der Waals surface area contributed by atoms with Gasteiger partial charge in [-0.15, -0.1) is 0 Å². The summed E-state index contributed by atoms with van der Waals surface area (Å²) in [6, 6.07) is 18.6. The molecule has 4 nitrogen and oxygen atoms in total. The zero-order valence-electron chi connectivity index (χ0n) is 14.3. The number of carbonyl (C=O) groups excluding carboxylic acids is 2. The van der Waals surface area contributed by atoms with Gasteiger partial charge >= 0.3 is 5.97 Å². The van der Waals surface area contributed by atoms with Gasteiger partial charge in [0.05, 0.1) is 11.1 Å². The lowest BCUT2D eigenvalue weighted by atomic mass is 10.1. The Hall–Kier alpha value is -2.89. The van der Waals surface area contributed by atoms with E-state index in [9.17, 15) is 9.59 Å². The molecule has 3 aromatic carbocycles. The molecule has 0 radical (unpaired) electrons. The van der Waals surface area contributed by atoms with E-state index in [0.29, 0.717) is 21.9 Å². The van der Waals surface area contributed by atoms with Crippen molar-refractivity contribution >= 4 is 45.4 Å². The molecular formula is C22H12BrClO4. The summed E-state index contributed by atoms with van der Waals surface area (Å²) >= 11 is 9.23. The Morgan fingerprint density at radius 3 is 2.57 bits per heavy atom. The molecule has 28 heavy (non-hydrogen) atoms. The molecular weight excluding hydrogens is 444 g/mol. The summed E-state index contributed by atoms with van der Waals surface area (Å²) in [6.07, 6.45) is 1.67. The Morgan fingerprint density at radius 1 is 1.04 bits per heavy atom. The maximum Gasteiger partial charge on any atom is 0.343 e. The molecule has 0 N–H and O–H groups in total. The molecule has 6 heteroatoms. The van der Waals surface area contributed by atoms with Gasteiger partial charge in [0.15, 0.2) is 5.76 Å². The van der Waals surface area contributed by atoms with Gasteiger partial charge in [0.2, 0.25) is 5.78 Å². The second-order valence-corrected chi connectivity index (χ2v) is 7.40. The van der Waals surface area contributed by atoms with Crippen molar-refractivity contribution in [2.45, 2.75) is 0 Å². The van der Waals surface area contributed by atoms with Crippen LogP contribution in [0.1, 0.15) is 26.3 Å². The van der Waals surface area contributed by atoms with Crippen LogP contribution in [0.2, 0.25) is 5.02 Å². The first-order valence-electron chi connectivity index (χ1n) is 8.31. The van der Waals surface area contributed by atoms with E-state index in [4.69, 9.17) is 21.1 Å². The molecule has 3 aromatic rings. The number of esters is 1. The fourth-order valence-corrected chi connectivity index (χ4v) is 3.27. The standard InChI is InChI=1S/C22H12BrClO4/c23-15-3-1-2-13(10-15)11-20-21(25)18-9-8-17(12-19(18)28-20)27-22(26)14-4-6-16(24)7-5-14/h1-12H/b20-11-. The predicted molar refractivity (Wildman–Crippen MR) is 110 cm³/mol. The van der Waals surface area contributed by atoms with Crippen LogP contribution in [0.4, 0.5) is 0 Å². The first-order chi connectivity index (χ1) is 13.5. The normalized spacial score (nSPS) is 13.9. The Balaban J connectivity index is 1.55. The summed E-state index contributed by atoms with van der Waals surface area (Å²) in [5.41, 5.74) is 1.63. The number of halogens is 2. The average Bonchev–Trinajstić information content (AvgIpc) is 2.97. The number of fused-ring (bicyclic) bond motifs is 1. The highest BCUT2D eigenvalue weighted by Gasteiger charge is 2.28. The van der Waals surface area contributed by atoms with Gasteiger partial charge in [-0.25, -0.2) is 4.79 Å². The number of hydrogen-bond donors (Lipinski definition) is 0. The molecule has 0 bridgehead atoms. The molecule has 0 saturated heterocycles. The van der Waals surface area contributed by atoms with Crippen molar-refractivity contribution in [2.75, 3.05) is 0 Å². The van der Waals surface area contributed by atoms with Crippen LogP contribution in [0, 0.1) is 0 Å². The SMILES string of the molecule is O=C(Oc1ccc2c(c1)O/C(=C\c1cccc(Br)c1)C2=O)c1ccc(Cl)cc1. The number of rotatable bonds is 3. The third-order valence-corrected chi connectivity index (χ3v) is 4.82. The highest BCUT2D eigenvalue weighted by Crippen LogP contribution is 2.35. The van der Waals surface area contributed by atoms with Crippen LogP contribution >= 0.6 is 27.5 Å². The Bertz CT molecular complexity index is 1120. The van der Waals surface area contributed by atoms with Gasteiger partial charge in [0.25, 0.3) is 0 Å². The third kappa shape index (κ3) is 3.86. The van der Waals surface area contributed by atoms with E-state index in [-0.39, 0.29) is 17.3 Å². The highest BCUT2D eigenvalue weighted by molar-refractivity contribution is 9.10. The van der Waals surface area contributed by atoms with Gasteiger partial charge in [0, 0.05) is 15.6 Å². The fraction of sp³-hybridized carbons (Fsp3) is 0. The van der Waals surface area contributed by atoms with Crippen LogP contribution in [0.15, 0.2) is 77.0 Å². The number of ether oxygens (including phenoxy) is 2. The number of Topliss-reactive ketones (excluding diaryl/α,β-unsaturated/α-hetero) is 1. The average molecular weight is 456 g/mol. The zero-order chi connectivity index (χ0) is 19.7. The highest BCUT2D eigenvalue weighted by atomic mass is 79.9. The van der Waals surface area contributed by atoms with E-state index in [1.807, 2.05) is 24.3 Å². The summed E-state index contributed by atoms with van der Waals surface area (Å²) in [4.78, 5) is 24.8. The van der Waals surface area contributed by atoms with Crippen LogP contribution in [-0.4, -0.2) is 11.8 Å². The Kier molecular flexibility index (Phi) is 5.03. The van der Waals surface area contributed by atoms with Crippen molar-refractivity contribution in [1.29, 1.82) is 0 Å². The minimum Gasteiger partial charge on any atom is -0.452 e. The number of carbonyl (C=O) groups is 2. The second-order valence-electron chi connectivity index (χ2n) is 6.05. The molecule has 1 aliphatic rings. The van der Waals surface area contributed by atoms with E-state index in [0.717, 1.165) is 10.0 Å². The molecule has 0 aliphatic carbocycles. The van der Waals surface area contributed by atoms with Crippen LogP contribution in [0.3, 0.4) is 0 Å². The summed E-state index contributed by atoms with van der Waals surface area (Å²) in [5.74, 6) is 0.119. The number of hydrogen-bond acceptors (Lipinski definition) is 4. The van der Waals surface area contributed by atoms with Crippen LogP contribution in [0.5, 0.6) is 11.5 Å². The van der Waals surface area contributed by atoms with E-state index in [1.54, 1.807) is 42.5 Å². The van der Waals surface area contributed by atoms with E-state index in [2.05, 4.69) is 15.9 Å². The van der Waals surface area contributed by atoms with E-state index in [1.165, 1.54) is 6.07 Å². The molecule has 0 aromatic heterocycles. The maximum atomic E-state index is 12.5. The first kappa shape index (κ1) is 18.5. The van der Waals surface area contributed by atoms with E-state index < -0.39 is 5.97 Å². The van der Waals surface area contributed by atoms with Crippen molar-refractivity contribution in [3.8, 4) is 11.5 Å². The topological polar surface area (TPSA) is 52.6 Å². The van der Waals surface area contributed by atoms with E-state index >= 15 is 0 Å². The van der Waals surface area contributed by atoms with Crippen LogP contribution < -0.4 is 9.47 Å². The molecule has 0 saturated carbocycles. The van der Waals surface area contributed by atoms with Gasteiger partial charge in [-0.1, -0.05) is 39.7 Å². The molecule has 0 spiro atoms. The van der Waals surface area contributed by atoms with Gasteiger partial charge < -0.3 is 9.47 Å². The Morgan fingerprint density at radius 2 is 1.82 bits per heavy atom. The minimum absolute atomic E-state index is 0.217. The second kappa shape index (κ2) is 7.62. The summed E-state index contributed by atoms with van der Waals surface area (Å²) in [7, 11) is 0. The fourth-order valence-electron chi connectivity index (χ4n) is 2.73. The smallest absolute Gasteiger partial charge is 0.343 e. The lowest BCUT2D eigenvalue weighted by Gasteiger charge is -2.05. The molecule has 1 aliphatic heterocycles. The predicted octanol–water partition coefficient (Wildman–Crippen LogP) is 5.94. The van der Waals surface area contributed by atoms with Gasteiger partial charge in [-0.2, -0.15) is 0 Å². The van der Waals surface area contributed by atoms with Crippen LogP contribution in [-0.2, 0) is 0 Å². The Labute approximate surface area is 174 Å². The van der Waals surface area contributed by atoms with Gasteiger partial charge in [-0.3, -0.25) is 4.79 Å². The molecule has 0 atom stereocenters. The van der Waals surface area contributed by atoms with Crippen molar-refractivity contribution in [2.24, 2.45) is 0 Å². The molecule has 1 heterocycles. The number of ketones is 1. The summed E-state index contributed by atoms with van der Waals surface area (Å²) < 4.78 is 12.0. The minimum atomic E-state index is -0.522. The monoisotopic (exact) mass is 454 g/mol. The summed E-state index contributed by atoms with van der Waals surface area (Å²) in [6.45, 7) is 0. The van der Waals surface area contributed by atoms with Crippen molar-refractivity contribution < 1.29 is 19.1 Å². The molecule has 138 valence electrons. The number of benzene rings is 3. The third-order valence-electron chi connectivity index (χ3n) is 4.08. The van der Waals surface area contributed by atoms with Gasteiger partial charge in [0.1, 0.15) is 11.5 Å². The lowest BCUT2D eigenvalue weighted by Crippen LogP contribution is -2.08. The number of allylic oxidation sites excluding steroid dienone is 1. The van der Waals surface area contributed by atoms with Gasteiger partial charge in [-0.05, 0) is 60.2 Å². The molecule has 4 rings (SSSR count). The van der Waals surface area contributed by atoms with Crippen molar-refractivity contribution in [3.63, 3.8) is 0 Å². The van der Waals surface area contributed by atoms with Crippen molar-refractivity contribution in [3.05, 3.63) is 98.7 Å². The summed E-state index contributed by atoms with van der Waals surface area (Å²) in [5, 5.41) is 0.533. The van der Waals surface area contributed by atoms with Crippen molar-refractivity contribution in [1.82, 2.24) is 0 Å². The largest absolute Gasteiger partial charge is 0.452 e. The molecule has 0 amide bonds. The van der Waals surface area contributed by atoms with Crippen LogP contribution in [0.25, 0.3) is 6.08 Å². The first-order valence-corrected chi connectivity index (χ1v) is 9.48. The zero-order valence-corrected chi connectivity index (χ0v) is 16.7.